The summed E-state index contributed by atoms with van der Waals surface area (Å²) in [6, 6.07) is 11.8. The highest BCUT2D eigenvalue weighted by Gasteiger charge is 2.37. The smallest absolute Gasteiger partial charge is 0.226 e. The zero-order chi connectivity index (χ0) is 18.4. The van der Waals surface area contributed by atoms with Crippen LogP contribution in [0.15, 0.2) is 48.8 Å². The van der Waals surface area contributed by atoms with Crippen molar-refractivity contribution in [3.63, 3.8) is 0 Å². The summed E-state index contributed by atoms with van der Waals surface area (Å²) in [5.74, 6) is -0.323. The lowest BCUT2D eigenvalue weighted by Crippen LogP contribution is -2.45. The fourth-order valence-corrected chi connectivity index (χ4v) is 3.38. The van der Waals surface area contributed by atoms with Gasteiger partial charge in [0.1, 0.15) is 0 Å². The number of amides is 2. The van der Waals surface area contributed by atoms with Crippen molar-refractivity contribution >= 4 is 11.8 Å². The van der Waals surface area contributed by atoms with Crippen LogP contribution < -0.4 is 10.6 Å². The number of hydrogen-bond acceptors (Lipinski definition) is 4. The first-order valence-electron chi connectivity index (χ1n) is 8.90. The molecule has 0 radical (unpaired) electrons. The van der Waals surface area contributed by atoms with E-state index in [0.717, 1.165) is 6.54 Å². The Labute approximate surface area is 153 Å². The van der Waals surface area contributed by atoms with E-state index in [4.69, 9.17) is 0 Å². The lowest BCUT2D eigenvalue weighted by atomic mass is 10.0. The largest absolute Gasteiger partial charge is 0.359 e. The van der Waals surface area contributed by atoms with Gasteiger partial charge < -0.3 is 10.6 Å². The molecule has 0 spiro atoms. The number of hydrogen-bond donors (Lipinski definition) is 2. The summed E-state index contributed by atoms with van der Waals surface area (Å²) in [6.07, 6.45) is 3.87. The van der Waals surface area contributed by atoms with E-state index in [-0.39, 0.29) is 23.8 Å². The SMILES string of the molecule is CNC(=O)[C@H]1CN(Cc2ccccc2)C[C@@H]1NC(=O)CCn1cccn1. The number of aryl methyl sites for hydroxylation is 1. The van der Waals surface area contributed by atoms with Gasteiger partial charge in [0.25, 0.3) is 0 Å². The Hall–Kier alpha value is -2.67. The number of aromatic nitrogens is 2. The van der Waals surface area contributed by atoms with Crippen molar-refractivity contribution in [3.05, 3.63) is 54.4 Å². The van der Waals surface area contributed by atoms with Crippen molar-refractivity contribution < 1.29 is 9.59 Å². The van der Waals surface area contributed by atoms with Gasteiger partial charge in [0.2, 0.25) is 11.8 Å². The van der Waals surface area contributed by atoms with Crippen molar-refractivity contribution in [1.82, 2.24) is 25.3 Å². The lowest BCUT2D eigenvalue weighted by molar-refractivity contribution is -0.126. The Bertz CT molecular complexity index is 717. The molecule has 2 amide bonds. The molecule has 0 aliphatic carbocycles. The molecule has 1 aliphatic heterocycles. The molecule has 0 saturated carbocycles. The van der Waals surface area contributed by atoms with Crippen LogP contribution in [0, 0.1) is 5.92 Å². The highest BCUT2D eigenvalue weighted by Crippen LogP contribution is 2.20. The molecule has 2 atom stereocenters. The zero-order valence-electron chi connectivity index (χ0n) is 15.0. The minimum atomic E-state index is -0.239. The molecular formula is C19H25N5O2. The molecule has 2 aromatic rings. The van der Waals surface area contributed by atoms with Gasteiger partial charge in [-0.3, -0.25) is 19.2 Å². The molecule has 0 bridgehead atoms. The average molecular weight is 355 g/mol. The van der Waals surface area contributed by atoms with E-state index >= 15 is 0 Å². The van der Waals surface area contributed by atoms with E-state index in [1.807, 2.05) is 30.5 Å². The maximum atomic E-state index is 12.3. The van der Waals surface area contributed by atoms with Gasteiger partial charge in [0.05, 0.1) is 12.0 Å². The second-order valence-corrected chi connectivity index (χ2v) is 6.59. The van der Waals surface area contributed by atoms with E-state index in [0.29, 0.717) is 26.1 Å². The average Bonchev–Trinajstić information content (AvgIpc) is 3.30. The molecule has 2 heterocycles. The third kappa shape index (κ3) is 4.70. The Morgan fingerprint density at radius 2 is 2.00 bits per heavy atom. The highest BCUT2D eigenvalue weighted by molar-refractivity contribution is 5.82. The van der Waals surface area contributed by atoms with Gasteiger partial charge in [-0.25, -0.2) is 0 Å². The van der Waals surface area contributed by atoms with Crippen LogP contribution in [0.3, 0.4) is 0 Å². The second-order valence-electron chi connectivity index (χ2n) is 6.59. The first kappa shape index (κ1) is 18.1. The maximum Gasteiger partial charge on any atom is 0.226 e. The third-order valence-corrected chi connectivity index (χ3v) is 4.70. The first-order chi connectivity index (χ1) is 12.7. The molecule has 2 N–H and O–H groups in total. The predicted molar refractivity (Wildman–Crippen MR) is 98.1 cm³/mol. The number of likely N-dealkylation sites (tertiary alicyclic amines) is 1. The van der Waals surface area contributed by atoms with Crippen LogP contribution in [0.25, 0.3) is 0 Å². The monoisotopic (exact) mass is 355 g/mol. The topological polar surface area (TPSA) is 79.3 Å². The summed E-state index contributed by atoms with van der Waals surface area (Å²) in [4.78, 5) is 26.8. The molecule has 1 aromatic carbocycles. The number of nitrogens with one attached hydrogen (secondary N) is 2. The Kier molecular flexibility index (Phi) is 6.01. The lowest BCUT2D eigenvalue weighted by Gasteiger charge is -2.18. The summed E-state index contributed by atoms with van der Waals surface area (Å²) >= 11 is 0. The van der Waals surface area contributed by atoms with Gasteiger partial charge in [-0.2, -0.15) is 5.10 Å². The summed E-state index contributed by atoms with van der Waals surface area (Å²) in [5, 5.41) is 9.86. The Morgan fingerprint density at radius 3 is 2.69 bits per heavy atom. The van der Waals surface area contributed by atoms with E-state index in [9.17, 15) is 9.59 Å². The van der Waals surface area contributed by atoms with Gasteiger partial charge in [-0.15, -0.1) is 0 Å². The van der Waals surface area contributed by atoms with Gasteiger partial charge in [-0.05, 0) is 11.6 Å². The molecule has 138 valence electrons. The quantitative estimate of drug-likeness (QED) is 0.764. The molecule has 7 nitrogen and oxygen atoms in total. The van der Waals surface area contributed by atoms with E-state index in [1.54, 1.807) is 17.9 Å². The summed E-state index contributed by atoms with van der Waals surface area (Å²) in [7, 11) is 1.64. The summed E-state index contributed by atoms with van der Waals surface area (Å²) in [6.45, 7) is 2.61. The Morgan fingerprint density at radius 1 is 1.19 bits per heavy atom. The van der Waals surface area contributed by atoms with Crippen LogP contribution in [0.2, 0.25) is 0 Å². The van der Waals surface area contributed by atoms with Crippen LogP contribution in [0.4, 0.5) is 0 Å². The van der Waals surface area contributed by atoms with Gasteiger partial charge in [0.15, 0.2) is 0 Å². The molecular weight excluding hydrogens is 330 g/mol. The van der Waals surface area contributed by atoms with Crippen LogP contribution in [-0.2, 0) is 22.7 Å². The molecule has 7 heteroatoms. The molecule has 1 aliphatic rings. The minimum absolute atomic E-state index is 0.0297. The molecule has 0 unspecified atom stereocenters. The molecule has 26 heavy (non-hydrogen) atoms. The fourth-order valence-electron chi connectivity index (χ4n) is 3.38. The van der Waals surface area contributed by atoms with E-state index in [1.165, 1.54) is 5.56 Å². The molecule has 1 fully saturated rings. The van der Waals surface area contributed by atoms with Crippen molar-refractivity contribution in [2.75, 3.05) is 20.1 Å². The van der Waals surface area contributed by atoms with Crippen molar-refractivity contribution in [2.24, 2.45) is 5.92 Å². The summed E-state index contributed by atoms with van der Waals surface area (Å²) in [5.41, 5.74) is 1.20. The van der Waals surface area contributed by atoms with Gasteiger partial charge >= 0.3 is 0 Å². The Balaban J connectivity index is 1.57. The summed E-state index contributed by atoms with van der Waals surface area (Å²) < 4.78 is 1.73. The number of carbonyl (C=O) groups excluding carboxylic acids is 2. The number of benzene rings is 1. The van der Waals surface area contributed by atoms with Crippen LogP contribution >= 0.6 is 0 Å². The third-order valence-electron chi connectivity index (χ3n) is 4.70. The second kappa shape index (κ2) is 8.62. The van der Waals surface area contributed by atoms with Crippen LogP contribution in [0.5, 0.6) is 0 Å². The zero-order valence-corrected chi connectivity index (χ0v) is 15.0. The predicted octanol–water partition coefficient (Wildman–Crippen LogP) is 0.636. The number of carbonyl (C=O) groups is 2. The van der Waals surface area contributed by atoms with Crippen molar-refractivity contribution in [3.8, 4) is 0 Å². The highest BCUT2D eigenvalue weighted by atomic mass is 16.2. The van der Waals surface area contributed by atoms with Crippen molar-refractivity contribution in [1.29, 1.82) is 0 Å². The minimum Gasteiger partial charge on any atom is -0.359 e. The molecule has 3 rings (SSSR count). The van der Waals surface area contributed by atoms with Gasteiger partial charge in [0, 0.05) is 52.0 Å². The van der Waals surface area contributed by atoms with Crippen LogP contribution in [0.1, 0.15) is 12.0 Å². The molecule has 1 saturated heterocycles. The fraction of sp³-hybridized carbons (Fsp3) is 0.421. The number of rotatable bonds is 7. The van der Waals surface area contributed by atoms with E-state index in [2.05, 4.69) is 32.8 Å². The van der Waals surface area contributed by atoms with Crippen LogP contribution in [-0.4, -0.2) is 52.7 Å². The standard InChI is InChI=1S/C19H25N5O2/c1-20-19(26)16-13-23(12-15-6-3-2-4-7-15)14-17(16)22-18(25)8-11-24-10-5-9-21-24/h2-7,9-10,16-17H,8,11-14H2,1H3,(H,20,26)(H,22,25)/t16-,17-/m0/s1. The van der Waals surface area contributed by atoms with Crippen molar-refractivity contribution in [2.45, 2.75) is 25.6 Å². The van der Waals surface area contributed by atoms with E-state index < -0.39 is 0 Å². The first-order valence-corrected chi connectivity index (χ1v) is 8.90. The number of nitrogens with zero attached hydrogens (tertiary/aromatic N) is 3. The van der Waals surface area contributed by atoms with Gasteiger partial charge in [-0.1, -0.05) is 30.3 Å². The normalized spacial score (nSPS) is 20.0. The molecule has 1 aromatic heterocycles. The maximum absolute atomic E-state index is 12.3.